The van der Waals surface area contributed by atoms with Gasteiger partial charge in [0.15, 0.2) is 17.6 Å². The SMILES string of the molecule is CCc1ccc(NC(=O)[C@@H](C)OC(=O)/C=C/c2ccc(OC)c(OC)c2)cc1. The molecule has 6 heteroatoms. The molecule has 1 amide bonds. The van der Waals surface area contributed by atoms with E-state index in [2.05, 4.69) is 12.2 Å². The monoisotopic (exact) mass is 383 g/mol. The van der Waals surface area contributed by atoms with E-state index < -0.39 is 18.0 Å². The second kappa shape index (κ2) is 10.2. The number of benzene rings is 2. The lowest BCUT2D eigenvalue weighted by Gasteiger charge is -2.12. The van der Waals surface area contributed by atoms with Crippen LogP contribution in [0.5, 0.6) is 11.5 Å². The van der Waals surface area contributed by atoms with E-state index >= 15 is 0 Å². The van der Waals surface area contributed by atoms with Gasteiger partial charge in [0, 0.05) is 11.8 Å². The van der Waals surface area contributed by atoms with Crippen LogP contribution in [0.4, 0.5) is 5.69 Å². The first-order valence-corrected chi connectivity index (χ1v) is 8.97. The van der Waals surface area contributed by atoms with Gasteiger partial charge >= 0.3 is 5.97 Å². The third-order valence-corrected chi connectivity index (χ3v) is 4.11. The smallest absolute Gasteiger partial charge is 0.331 e. The van der Waals surface area contributed by atoms with Crippen molar-refractivity contribution in [2.75, 3.05) is 19.5 Å². The number of aryl methyl sites for hydroxylation is 1. The van der Waals surface area contributed by atoms with Gasteiger partial charge < -0.3 is 19.5 Å². The number of hydrogen-bond donors (Lipinski definition) is 1. The first kappa shape index (κ1) is 21.0. The molecule has 1 N–H and O–H groups in total. The second-order valence-electron chi connectivity index (χ2n) is 6.07. The molecule has 2 aromatic rings. The van der Waals surface area contributed by atoms with Gasteiger partial charge in [-0.3, -0.25) is 4.79 Å². The minimum Gasteiger partial charge on any atom is -0.493 e. The molecule has 0 aromatic heterocycles. The fourth-order valence-electron chi connectivity index (χ4n) is 2.46. The van der Waals surface area contributed by atoms with E-state index in [1.807, 2.05) is 24.3 Å². The van der Waals surface area contributed by atoms with Crippen LogP contribution in [0.15, 0.2) is 48.5 Å². The van der Waals surface area contributed by atoms with Crippen molar-refractivity contribution in [1.82, 2.24) is 0 Å². The number of rotatable bonds is 8. The van der Waals surface area contributed by atoms with E-state index in [-0.39, 0.29) is 0 Å². The molecule has 0 aliphatic carbocycles. The zero-order chi connectivity index (χ0) is 20.5. The Morgan fingerprint density at radius 1 is 1.04 bits per heavy atom. The summed E-state index contributed by atoms with van der Waals surface area (Å²) in [5.41, 5.74) is 2.58. The highest BCUT2D eigenvalue weighted by Gasteiger charge is 2.16. The predicted molar refractivity (Wildman–Crippen MR) is 109 cm³/mol. The fraction of sp³-hybridized carbons (Fsp3) is 0.273. The summed E-state index contributed by atoms with van der Waals surface area (Å²) in [6.45, 7) is 3.59. The van der Waals surface area contributed by atoms with Crippen LogP contribution >= 0.6 is 0 Å². The summed E-state index contributed by atoms with van der Waals surface area (Å²) in [5.74, 6) is 0.148. The number of amides is 1. The van der Waals surface area contributed by atoms with E-state index in [1.54, 1.807) is 31.4 Å². The fourth-order valence-corrected chi connectivity index (χ4v) is 2.46. The van der Waals surface area contributed by atoms with Gasteiger partial charge in [-0.15, -0.1) is 0 Å². The Morgan fingerprint density at radius 2 is 1.71 bits per heavy atom. The summed E-state index contributed by atoms with van der Waals surface area (Å²) in [6, 6.07) is 12.8. The van der Waals surface area contributed by atoms with E-state index in [1.165, 1.54) is 25.7 Å². The highest BCUT2D eigenvalue weighted by atomic mass is 16.5. The lowest BCUT2D eigenvalue weighted by Crippen LogP contribution is -2.29. The van der Waals surface area contributed by atoms with Gasteiger partial charge in [0.2, 0.25) is 0 Å². The number of methoxy groups -OCH3 is 2. The molecule has 0 radical (unpaired) electrons. The Morgan fingerprint density at radius 3 is 2.32 bits per heavy atom. The van der Waals surface area contributed by atoms with Crippen LogP contribution < -0.4 is 14.8 Å². The molecule has 0 aliphatic rings. The molecule has 0 fully saturated rings. The first-order valence-electron chi connectivity index (χ1n) is 8.97. The van der Waals surface area contributed by atoms with Crippen LogP contribution in [0.3, 0.4) is 0 Å². The molecular weight excluding hydrogens is 358 g/mol. The molecule has 6 nitrogen and oxygen atoms in total. The van der Waals surface area contributed by atoms with E-state index in [4.69, 9.17) is 14.2 Å². The molecule has 0 spiro atoms. The van der Waals surface area contributed by atoms with E-state index in [0.29, 0.717) is 17.2 Å². The Hall–Kier alpha value is -3.28. The topological polar surface area (TPSA) is 73.9 Å². The summed E-state index contributed by atoms with van der Waals surface area (Å²) < 4.78 is 15.6. The van der Waals surface area contributed by atoms with Crippen LogP contribution in [-0.4, -0.2) is 32.2 Å². The van der Waals surface area contributed by atoms with Crippen LogP contribution in [0.25, 0.3) is 6.08 Å². The molecule has 0 saturated heterocycles. The Bertz CT molecular complexity index is 843. The lowest BCUT2D eigenvalue weighted by atomic mass is 10.1. The maximum Gasteiger partial charge on any atom is 0.331 e. The maximum atomic E-state index is 12.2. The van der Waals surface area contributed by atoms with Crippen molar-refractivity contribution < 1.29 is 23.8 Å². The van der Waals surface area contributed by atoms with Gasteiger partial charge in [-0.05, 0) is 54.8 Å². The predicted octanol–water partition coefficient (Wildman–Crippen LogP) is 3.85. The molecule has 0 bridgehead atoms. The minimum atomic E-state index is -0.923. The largest absolute Gasteiger partial charge is 0.493 e. The Kier molecular flexibility index (Phi) is 7.63. The molecular formula is C22H25NO5. The molecule has 0 heterocycles. The second-order valence-corrected chi connectivity index (χ2v) is 6.07. The van der Waals surface area contributed by atoms with Crippen molar-refractivity contribution in [3.05, 3.63) is 59.7 Å². The van der Waals surface area contributed by atoms with Gasteiger partial charge in [-0.1, -0.05) is 25.1 Å². The van der Waals surface area contributed by atoms with Gasteiger partial charge in [0.1, 0.15) is 0 Å². The first-order chi connectivity index (χ1) is 13.5. The quantitative estimate of drug-likeness (QED) is 0.554. The van der Waals surface area contributed by atoms with E-state index in [9.17, 15) is 9.59 Å². The minimum absolute atomic E-state index is 0.392. The highest BCUT2D eigenvalue weighted by molar-refractivity contribution is 5.96. The number of carbonyl (C=O) groups excluding carboxylic acids is 2. The standard InChI is InChI=1S/C22H25NO5/c1-5-16-6-10-18(11-7-16)23-22(25)15(2)28-21(24)13-9-17-8-12-19(26-3)20(14-17)27-4/h6-15H,5H2,1-4H3,(H,23,25)/b13-9+/t15-/m1/s1. The number of carbonyl (C=O) groups is 2. The number of anilines is 1. The van der Waals surface area contributed by atoms with Gasteiger partial charge in [0.05, 0.1) is 14.2 Å². The molecule has 0 aliphatic heterocycles. The normalized spacial score (nSPS) is 11.7. The highest BCUT2D eigenvalue weighted by Crippen LogP contribution is 2.27. The molecule has 1 atom stereocenters. The molecule has 148 valence electrons. The van der Waals surface area contributed by atoms with E-state index in [0.717, 1.165) is 12.0 Å². The lowest BCUT2D eigenvalue weighted by molar-refractivity contribution is -0.148. The van der Waals surface area contributed by atoms with Crippen molar-refractivity contribution >= 4 is 23.6 Å². The van der Waals surface area contributed by atoms with Crippen LogP contribution in [0.1, 0.15) is 25.0 Å². The Balaban J connectivity index is 1.92. The van der Waals surface area contributed by atoms with Crippen molar-refractivity contribution in [2.45, 2.75) is 26.4 Å². The molecule has 2 rings (SSSR count). The van der Waals surface area contributed by atoms with Gasteiger partial charge in [-0.25, -0.2) is 4.79 Å². The zero-order valence-corrected chi connectivity index (χ0v) is 16.5. The van der Waals surface area contributed by atoms with Crippen LogP contribution in [-0.2, 0) is 20.7 Å². The number of esters is 1. The summed E-state index contributed by atoms with van der Waals surface area (Å²) >= 11 is 0. The summed E-state index contributed by atoms with van der Waals surface area (Å²) in [7, 11) is 3.09. The summed E-state index contributed by atoms with van der Waals surface area (Å²) in [6.07, 6.45) is 2.85. The molecule has 0 unspecified atom stereocenters. The number of hydrogen-bond acceptors (Lipinski definition) is 5. The van der Waals surface area contributed by atoms with Crippen LogP contribution in [0.2, 0.25) is 0 Å². The third-order valence-electron chi connectivity index (χ3n) is 4.11. The summed E-state index contributed by atoms with van der Waals surface area (Å²) in [5, 5.41) is 2.73. The van der Waals surface area contributed by atoms with Gasteiger partial charge in [-0.2, -0.15) is 0 Å². The van der Waals surface area contributed by atoms with Crippen molar-refractivity contribution in [3.8, 4) is 11.5 Å². The molecule has 28 heavy (non-hydrogen) atoms. The third kappa shape index (κ3) is 5.87. The Labute approximate surface area is 165 Å². The van der Waals surface area contributed by atoms with Crippen LogP contribution in [0, 0.1) is 0 Å². The maximum absolute atomic E-state index is 12.2. The average molecular weight is 383 g/mol. The van der Waals surface area contributed by atoms with Gasteiger partial charge in [0.25, 0.3) is 5.91 Å². The molecule has 0 saturated carbocycles. The molecule has 2 aromatic carbocycles. The number of ether oxygens (including phenoxy) is 3. The average Bonchev–Trinajstić information content (AvgIpc) is 2.72. The zero-order valence-electron chi connectivity index (χ0n) is 16.5. The van der Waals surface area contributed by atoms with Crippen molar-refractivity contribution in [1.29, 1.82) is 0 Å². The summed E-state index contributed by atoms with van der Waals surface area (Å²) in [4.78, 5) is 24.2. The number of nitrogens with one attached hydrogen (secondary N) is 1. The van der Waals surface area contributed by atoms with Crippen molar-refractivity contribution in [2.24, 2.45) is 0 Å². The van der Waals surface area contributed by atoms with Crippen molar-refractivity contribution in [3.63, 3.8) is 0 Å².